The Hall–Kier alpha value is -1.40. The minimum atomic E-state index is 0. The Morgan fingerprint density at radius 1 is 1.12 bits per heavy atom. The number of rotatable bonds is 2. The van der Waals surface area contributed by atoms with Crippen LogP contribution < -0.4 is 4.90 Å². The number of hydrogen-bond acceptors (Lipinski definition) is 3. The molecule has 0 radical (unpaired) electrons. The molecule has 8 heteroatoms. The molecule has 132 valence electrons. The lowest BCUT2D eigenvalue weighted by molar-refractivity contribution is 0.0749. The van der Waals surface area contributed by atoms with Crippen LogP contribution >= 0.6 is 46.9 Å². The molecule has 1 aliphatic heterocycles. The van der Waals surface area contributed by atoms with E-state index in [0.717, 1.165) is 35.2 Å². The van der Waals surface area contributed by atoms with Crippen LogP contribution in [0.15, 0.2) is 36.5 Å². The third-order valence-electron chi connectivity index (χ3n) is 4.37. The number of piperazine rings is 1. The number of halogens is 3. The number of anilines is 1. The third kappa shape index (κ3) is 3.47. The zero-order chi connectivity index (χ0) is 16.7. The predicted molar refractivity (Wildman–Crippen MR) is 108 cm³/mol. The summed E-state index contributed by atoms with van der Waals surface area (Å²) in [6.07, 6.45) is 1.86. The number of fused-ring (bicyclic) bond motifs is 1. The number of nitrogens with zero attached hydrogens (tertiary/aromatic N) is 2. The van der Waals surface area contributed by atoms with E-state index in [-0.39, 0.29) is 18.3 Å². The molecule has 0 bridgehead atoms. The first kappa shape index (κ1) is 18.4. The first-order chi connectivity index (χ1) is 11.6. The van der Waals surface area contributed by atoms with Crippen LogP contribution in [-0.2, 0) is 0 Å². The van der Waals surface area contributed by atoms with E-state index < -0.39 is 0 Å². The quantitative estimate of drug-likeness (QED) is 0.644. The van der Waals surface area contributed by atoms with Crippen LogP contribution in [0.3, 0.4) is 0 Å². The van der Waals surface area contributed by atoms with Gasteiger partial charge in [0.05, 0.1) is 10.0 Å². The van der Waals surface area contributed by atoms with Crippen molar-refractivity contribution in [2.75, 3.05) is 31.1 Å². The Morgan fingerprint density at radius 3 is 2.56 bits per heavy atom. The van der Waals surface area contributed by atoms with Crippen LogP contribution in [0.2, 0.25) is 8.67 Å². The Bertz CT molecular complexity index is 900. The molecular weight excluding hydrogens is 401 g/mol. The molecule has 3 aromatic rings. The Kier molecular flexibility index (Phi) is 5.49. The van der Waals surface area contributed by atoms with Gasteiger partial charge in [-0.05, 0) is 24.3 Å². The maximum absolute atomic E-state index is 12.9. The second-order valence-electron chi connectivity index (χ2n) is 5.73. The maximum atomic E-state index is 12.9. The van der Waals surface area contributed by atoms with Crippen molar-refractivity contribution in [3.63, 3.8) is 0 Å². The summed E-state index contributed by atoms with van der Waals surface area (Å²) in [5.74, 6) is 0.0781. The summed E-state index contributed by atoms with van der Waals surface area (Å²) in [4.78, 5) is 20.1. The van der Waals surface area contributed by atoms with Crippen LogP contribution in [0.4, 0.5) is 5.69 Å². The zero-order valence-electron chi connectivity index (χ0n) is 13.2. The SMILES string of the molecule is Cl.O=C(c1cccc2[nH]ccc12)N1CCN(c2cc(Cl)sc2Cl)CC1. The van der Waals surface area contributed by atoms with Crippen LogP contribution in [0, 0.1) is 0 Å². The monoisotopic (exact) mass is 415 g/mol. The molecule has 3 heterocycles. The molecule has 0 atom stereocenters. The normalized spacial score (nSPS) is 14.6. The zero-order valence-corrected chi connectivity index (χ0v) is 16.3. The van der Waals surface area contributed by atoms with Crippen molar-refractivity contribution in [3.05, 3.63) is 50.8 Å². The number of H-pyrrole nitrogens is 1. The Morgan fingerprint density at radius 2 is 1.88 bits per heavy atom. The molecule has 0 spiro atoms. The van der Waals surface area contributed by atoms with Crippen molar-refractivity contribution in [3.8, 4) is 0 Å². The molecule has 1 aromatic carbocycles. The molecule has 1 aliphatic rings. The van der Waals surface area contributed by atoms with Crippen molar-refractivity contribution in [1.29, 1.82) is 0 Å². The lowest BCUT2D eigenvalue weighted by atomic mass is 10.1. The van der Waals surface area contributed by atoms with E-state index in [2.05, 4.69) is 9.88 Å². The highest BCUT2D eigenvalue weighted by Gasteiger charge is 2.25. The number of carbonyl (C=O) groups excluding carboxylic acids is 1. The Balaban J connectivity index is 0.00000182. The average Bonchev–Trinajstić information content (AvgIpc) is 3.20. The lowest BCUT2D eigenvalue weighted by Gasteiger charge is -2.36. The fraction of sp³-hybridized carbons (Fsp3) is 0.235. The van der Waals surface area contributed by atoms with Crippen molar-refractivity contribution >= 4 is 69.4 Å². The van der Waals surface area contributed by atoms with Gasteiger partial charge in [-0.15, -0.1) is 23.7 Å². The molecule has 4 rings (SSSR count). The smallest absolute Gasteiger partial charge is 0.254 e. The number of benzene rings is 1. The van der Waals surface area contributed by atoms with E-state index in [0.29, 0.717) is 21.8 Å². The van der Waals surface area contributed by atoms with E-state index in [9.17, 15) is 4.79 Å². The highest BCUT2D eigenvalue weighted by molar-refractivity contribution is 7.20. The largest absolute Gasteiger partial charge is 0.366 e. The van der Waals surface area contributed by atoms with E-state index in [1.807, 2.05) is 41.4 Å². The summed E-state index contributed by atoms with van der Waals surface area (Å²) in [6, 6.07) is 9.63. The fourth-order valence-electron chi connectivity index (χ4n) is 3.14. The molecule has 25 heavy (non-hydrogen) atoms. The fourth-order valence-corrected chi connectivity index (χ4v) is 4.65. The van der Waals surface area contributed by atoms with Gasteiger partial charge >= 0.3 is 0 Å². The van der Waals surface area contributed by atoms with E-state index in [1.165, 1.54) is 11.3 Å². The molecule has 1 amide bonds. The van der Waals surface area contributed by atoms with E-state index >= 15 is 0 Å². The van der Waals surface area contributed by atoms with Gasteiger partial charge in [-0.2, -0.15) is 0 Å². The number of hydrogen-bond donors (Lipinski definition) is 1. The van der Waals surface area contributed by atoms with Crippen LogP contribution in [0.25, 0.3) is 10.9 Å². The van der Waals surface area contributed by atoms with Gasteiger partial charge in [-0.1, -0.05) is 29.3 Å². The summed E-state index contributed by atoms with van der Waals surface area (Å²) in [5, 5.41) is 0.970. The van der Waals surface area contributed by atoms with Crippen LogP contribution in [0.5, 0.6) is 0 Å². The van der Waals surface area contributed by atoms with Crippen LogP contribution in [0.1, 0.15) is 10.4 Å². The molecule has 1 N–H and O–H groups in total. The summed E-state index contributed by atoms with van der Waals surface area (Å²) < 4.78 is 1.39. The molecular formula is C17H16Cl3N3OS. The van der Waals surface area contributed by atoms with Crippen molar-refractivity contribution in [1.82, 2.24) is 9.88 Å². The molecule has 1 fully saturated rings. The van der Waals surface area contributed by atoms with E-state index in [4.69, 9.17) is 23.2 Å². The number of nitrogens with one attached hydrogen (secondary N) is 1. The van der Waals surface area contributed by atoms with Gasteiger partial charge in [-0.3, -0.25) is 4.79 Å². The second kappa shape index (κ2) is 7.46. The average molecular weight is 417 g/mol. The Labute approximate surface area is 165 Å². The highest BCUT2D eigenvalue weighted by atomic mass is 35.5. The molecule has 0 saturated carbocycles. The van der Waals surface area contributed by atoms with E-state index in [1.54, 1.807) is 0 Å². The van der Waals surface area contributed by atoms with Gasteiger partial charge in [0.2, 0.25) is 0 Å². The highest BCUT2D eigenvalue weighted by Crippen LogP contribution is 2.38. The van der Waals surface area contributed by atoms with Gasteiger partial charge in [0, 0.05) is 48.8 Å². The number of carbonyl (C=O) groups is 1. The van der Waals surface area contributed by atoms with Crippen molar-refractivity contribution < 1.29 is 4.79 Å². The van der Waals surface area contributed by atoms with Gasteiger partial charge in [0.1, 0.15) is 4.34 Å². The summed E-state index contributed by atoms with van der Waals surface area (Å²) in [5.41, 5.74) is 2.70. The lowest BCUT2D eigenvalue weighted by Crippen LogP contribution is -2.48. The second-order valence-corrected chi connectivity index (χ2v) is 8.02. The molecule has 4 nitrogen and oxygen atoms in total. The molecule has 0 unspecified atom stereocenters. The standard InChI is InChI=1S/C17H15Cl2N3OS.ClH/c18-15-10-14(16(19)24-15)21-6-8-22(9-7-21)17(23)12-2-1-3-13-11(12)4-5-20-13;/h1-5,10,20H,6-9H2;1H. The first-order valence-electron chi connectivity index (χ1n) is 7.68. The molecule has 2 aromatic heterocycles. The summed E-state index contributed by atoms with van der Waals surface area (Å²) in [7, 11) is 0. The molecule has 1 saturated heterocycles. The first-order valence-corrected chi connectivity index (χ1v) is 9.26. The minimum Gasteiger partial charge on any atom is -0.366 e. The van der Waals surface area contributed by atoms with Gasteiger partial charge in [0.15, 0.2) is 0 Å². The van der Waals surface area contributed by atoms with Crippen molar-refractivity contribution in [2.45, 2.75) is 0 Å². The van der Waals surface area contributed by atoms with Crippen LogP contribution in [-0.4, -0.2) is 42.0 Å². The summed E-state index contributed by atoms with van der Waals surface area (Å²) in [6.45, 7) is 2.84. The number of aromatic nitrogens is 1. The van der Waals surface area contributed by atoms with Gasteiger partial charge in [-0.25, -0.2) is 0 Å². The molecule has 0 aliphatic carbocycles. The number of thiophene rings is 1. The summed E-state index contributed by atoms with van der Waals surface area (Å²) >= 11 is 13.6. The topological polar surface area (TPSA) is 39.3 Å². The van der Waals surface area contributed by atoms with Gasteiger partial charge < -0.3 is 14.8 Å². The van der Waals surface area contributed by atoms with Gasteiger partial charge in [0.25, 0.3) is 5.91 Å². The number of amides is 1. The number of aromatic amines is 1. The minimum absolute atomic E-state index is 0. The maximum Gasteiger partial charge on any atom is 0.254 e. The third-order valence-corrected chi connectivity index (χ3v) is 5.84. The predicted octanol–water partition coefficient (Wildman–Crippen LogP) is 4.92. The van der Waals surface area contributed by atoms with Crippen molar-refractivity contribution in [2.24, 2.45) is 0 Å².